The molecule has 1 heterocycles. The standard InChI is InChI=1S/C17H20Cl2N6OS/c1-10-8-11(2)22-16(21-10)24-15(20-6-7-26-3)25-17(27)23-14-5-4-12(18)9-13(14)19/h4-5,8-9H,6-7H2,1-3H3,(H3,20,21,22,23,24,25,27). The van der Waals surface area contributed by atoms with E-state index in [9.17, 15) is 0 Å². The van der Waals surface area contributed by atoms with Crippen molar-refractivity contribution in [2.75, 3.05) is 30.9 Å². The van der Waals surface area contributed by atoms with Crippen molar-refractivity contribution in [3.8, 4) is 0 Å². The summed E-state index contributed by atoms with van der Waals surface area (Å²) in [5.41, 5.74) is 2.31. The van der Waals surface area contributed by atoms with Crippen LogP contribution in [0.15, 0.2) is 29.3 Å². The Kier molecular flexibility index (Phi) is 8.18. The molecular weight excluding hydrogens is 407 g/mol. The molecule has 1 aromatic carbocycles. The largest absolute Gasteiger partial charge is 0.383 e. The van der Waals surface area contributed by atoms with Gasteiger partial charge in [0.15, 0.2) is 5.11 Å². The van der Waals surface area contributed by atoms with Crippen LogP contribution >= 0.6 is 35.4 Å². The predicted octanol–water partition coefficient (Wildman–Crippen LogP) is 3.80. The van der Waals surface area contributed by atoms with Crippen molar-refractivity contribution in [1.82, 2.24) is 15.3 Å². The van der Waals surface area contributed by atoms with E-state index in [0.717, 1.165) is 11.4 Å². The van der Waals surface area contributed by atoms with E-state index in [-0.39, 0.29) is 0 Å². The smallest absolute Gasteiger partial charge is 0.229 e. The number of aliphatic imine (C=N–C) groups is 1. The van der Waals surface area contributed by atoms with E-state index in [1.54, 1.807) is 25.3 Å². The third-order valence-corrected chi connectivity index (χ3v) is 3.94. The van der Waals surface area contributed by atoms with E-state index in [1.807, 2.05) is 19.9 Å². The first-order chi connectivity index (χ1) is 12.9. The lowest BCUT2D eigenvalue weighted by Gasteiger charge is -2.15. The molecule has 10 heteroatoms. The molecule has 0 spiro atoms. The van der Waals surface area contributed by atoms with Gasteiger partial charge in [-0.1, -0.05) is 23.2 Å². The second-order valence-corrected chi connectivity index (χ2v) is 6.78. The second kappa shape index (κ2) is 10.4. The SMILES string of the molecule is COCCN=C(NC(=S)Nc1ccc(Cl)cc1Cl)Nc1nc(C)cc(C)n1. The Morgan fingerprint density at radius 1 is 1.15 bits per heavy atom. The molecular formula is C17H20Cl2N6OS. The highest BCUT2D eigenvalue weighted by atomic mass is 35.5. The zero-order valence-electron chi connectivity index (χ0n) is 15.1. The molecule has 0 fully saturated rings. The molecule has 2 aromatic rings. The van der Waals surface area contributed by atoms with Gasteiger partial charge in [0.1, 0.15) is 0 Å². The number of anilines is 2. The number of ether oxygens (including phenoxy) is 1. The Morgan fingerprint density at radius 2 is 1.85 bits per heavy atom. The monoisotopic (exact) mass is 426 g/mol. The van der Waals surface area contributed by atoms with E-state index in [2.05, 4.69) is 30.9 Å². The number of benzene rings is 1. The quantitative estimate of drug-likeness (QED) is 0.290. The van der Waals surface area contributed by atoms with Crippen LogP contribution in [0.1, 0.15) is 11.4 Å². The molecule has 0 aliphatic rings. The van der Waals surface area contributed by atoms with Gasteiger partial charge >= 0.3 is 0 Å². The fourth-order valence-corrected chi connectivity index (χ4v) is 2.76. The maximum atomic E-state index is 6.16. The minimum Gasteiger partial charge on any atom is -0.383 e. The van der Waals surface area contributed by atoms with Gasteiger partial charge in [-0.2, -0.15) is 0 Å². The summed E-state index contributed by atoms with van der Waals surface area (Å²) in [6.07, 6.45) is 0. The molecule has 7 nitrogen and oxygen atoms in total. The summed E-state index contributed by atoms with van der Waals surface area (Å²) in [6.45, 7) is 4.68. The minimum atomic E-state index is 0.298. The minimum absolute atomic E-state index is 0.298. The average molecular weight is 427 g/mol. The highest BCUT2D eigenvalue weighted by Gasteiger charge is 2.08. The first kappa shape index (κ1) is 21.3. The molecule has 0 radical (unpaired) electrons. The molecule has 0 saturated heterocycles. The molecule has 0 bridgehead atoms. The number of hydrogen-bond donors (Lipinski definition) is 3. The van der Waals surface area contributed by atoms with Gasteiger partial charge in [-0.3, -0.25) is 10.3 Å². The number of nitrogens with one attached hydrogen (secondary N) is 3. The number of hydrogen-bond acceptors (Lipinski definition) is 5. The Bertz CT molecular complexity index is 826. The molecule has 2 rings (SSSR count). The van der Waals surface area contributed by atoms with Crippen molar-refractivity contribution in [3.05, 3.63) is 45.7 Å². The summed E-state index contributed by atoms with van der Waals surface area (Å²) in [5, 5.41) is 10.3. The maximum Gasteiger partial charge on any atom is 0.229 e. The summed E-state index contributed by atoms with van der Waals surface area (Å²) in [6, 6.07) is 6.97. The summed E-state index contributed by atoms with van der Waals surface area (Å²) in [7, 11) is 1.61. The molecule has 27 heavy (non-hydrogen) atoms. The van der Waals surface area contributed by atoms with E-state index < -0.39 is 0 Å². The second-order valence-electron chi connectivity index (χ2n) is 5.53. The zero-order valence-corrected chi connectivity index (χ0v) is 17.5. The van der Waals surface area contributed by atoms with Crippen LogP contribution in [0.5, 0.6) is 0 Å². The third kappa shape index (κ3) is 7.26. The molecule has 1 aromatic heterocycles. The number of aromatic nitrogens is 2. The van der Waals surface area contributed by atoms with Gasteiger partial charge in [-0.25, -0.2) is 9.97 Å². The lowest BCUT2D eigenvalue weighted by atomic mass is 10.3. The van der Waals surface area contributed by atoms with Crippen LogP contribution in [0.3, 0.4) is 0 Å². The molecule has 0 atom stereocenters. The lowest BCUT2D eigenvalue weighted by molar-refractivity contribution is 0.208. The van der Waals surface area contributed by atoms with Gasteiger partial charge in [-0.15, -0.1) is 0 Å². The van der Waals surface area contributed by atoms with Gasteiger partial charge in [0.2, 0.25) is 11.9 Å². The van der Waals surface area contributed by atoms with Crippen LogP contribution in [0.4, 0.5) is 11.6 Å². The van der Waals surface area contributed by atoms with Crippen LogP contribution in [-0.2, 0) is 4.74 Å². The van der Waals surface area contributed by atoms with Crippen LogP contribution in [0, 0.1) is 13.8 Å². The zero-order chi connectivity index (χ0) is 19.8. The number of guanidine groups is 1. The molecule has 0 aliphatic carbocycles. The Morgan fingerprint density at radius 3 is 2.48 bits per heavy atom. The van der Waals surface area contributed by atoms with Gasteiger partial charge in [0.25, 0.3) is 0 Å². The summed E-state index contributed by atoms with van der Waals surface area (Å²) < 4.78 is 5.04. The number of rotatable bonds is 5. The van der Waals surface area contributed by atoms with Crippen molar-refractivity contribution in [3.63, 3.8) is 0 Å². The van der Waals surface area contributed by atoms with E-state index in [0.29, 0.717) is 45.9 Å². The van der Waals surface area contributed by atoms with Crippen LogP contribution in [-0.4, -0.2) is 41.3 Å². The van der Waals surface area contributed by atoms with Crippen molar-refractivity contribution in [2.45, 2.75) is 13.8 Å². The molecule has 0 aliphatic heterocycles. The number of thiocarbonyl (C=S) groups is 1. The number of halogens is 2. The lowest BCUT2D eigenvalue weighted by Crippen LogP contribution is -2.39. The first-order valence-corrected chi connectivity index (χ1v) is 9.19. The summed E-state index contributed by atoms with van der Waals surface area (Å²) in [5.74, 6) is 0.808. The van der Waals surface area contributed by atoms with Crippen molar-refractivity contribution in [2.24, 2.45) is 4.99 Å². The van der Waals surface area contributed by atoms with E-state index >= 15 is 0 Å². The van der Waals surface area contributed by atoms with Crippen molar-refractivity contribution < 1.29 is 4.74 Å². The van der Waals surface area contributed by atoms with Gasteiger partial charge in [0.05, 0.1) is 23.9 Å². The highest BCUT2D eigenvalue weighted by molar-refractivity contribution is 7.80. The fourth-order valence-electron chi connectivity index (χ4n) is 2.10. The van der Waals surface area contributed by atoms with Crippen molar-refractivity contribution in [1.29, 1.82) is 0 Å². The number of aryl methyl sites for hydroxylation is 2. The molecule has 0 amide bonds. The van der Waals surface area contributed by atoms with Gasteiger partial charge in [-0.05, 0) is 50.3 Å². The van der Waals surface area contributed by atoms with Crippen LogP contribution in [0.25, 0.3) is 0 Å². The van der Waals surface area contributed by atoms with Gasteiger partial charge in [0, 0.05) is 23.5 Å². The summed E-state index contributed by atoms with van der Waals surface area (Å²) in [4.78, 5) is 13.1. The van der Waals surface area contributed by atoms with Crippen LogP contribution < -0.4 is 16.0 Å². The number of methoxy groups -OCH3 is 1. The van der Waals surface area contributed by atoms with Crippen molar-refractivity contribution >= 4 is 58.1 Å². The maximum absolute atomic E-state index is 6.16. The number of nitrogens with zero attached hydrogens (tertiary/aromatic N) is 3. The molecule has 0 saturated carbocycles. The first-order valence-electron chi connectivity index (χ1n) is 8.03. The predicted molar refractivity (Wildman–Crippen MR) is 115 cm³/mol. The third-order valence-electron chi connectivity index (χ3n) is 3.19. The molecule has 0 unspecified atom stereocenters. The Hall–Kier alpha value is -2.00. The molecule has 144 valence electrons. The summed E-state index contributed by atoms with van der Waals surface area (Å²) >= 11 is 17.4. The Labute approximate surface area is 173 Å². The Balaban J connectivity index is 2.11. The topological polar surface area (TPSA) is 83.5 Å². The van der Waals surface area contributed by atoms with E-state index in [4.69, 9.17) is 40.2 Å². The molecule has 3 N–H and O–H groups in total. The van der Waals surface area contributed by atoms with E-state index in [1.165, 1.54) is 0 Å². The van der Waals surface area contributed by atoms with Crippen LogP contribution in [0.2, 0.25) is 10.0 Å². The normalized spacial score (nSPS) is 11.2. The average Bonchev–Trinajstić information content (AvgIpc) is 2.56. The highest BCUT2D eigenvalue weighted by Crippen LogP contribution is 2.25. The van der Waals surface area contributed by atoms with Gasteiger partial charge < -0.3 is 15.4 Å². The fraction of sp³-hybridized carbons (Fsp3) is 0.294.